The van der Waals surface area contributed by atoms with Gasteiger partial charge < -0.3 is 9.64 Å². The Kier molecular flexibility index (Phi) is 3.80. The summed E-state index contributed by atoms with van der Waals surface area (Å²) in [5.74, 6) is 0.635. The van der Waals surface area contributed by atoms with Gasteiger partial charge in [0.05, 0.1) is 6.10 Å². The molecule has 1 fully saturated rings. The van der Waals surface area contributed by atoms with Gasteiger partial charge in [-0.15, -0.1) is 0 Å². The van der Waals surface area contributed by atoms with Crippen molar-refractivity contribution in [2.75, 3.05) is 18.0 Å². The minimum absolute atomic E-state index is 0.0245. The van der Waals surface area contributed by atoms with E-state index in [1.807, 2.05) is 25.1 Å². The summed E-state index contributed by atoms with van der Waals surface area (Å²) in [6.45, 7) is 3.41. The van der Waals surface area contributed by atoms with Crippen molar-refractivity contribution in [3.63, 3.8) is 0 Å². The second kappa shape index (κ2) is 5.90. The zero-order chi connectivity index (χ0) is 14.7. The van der Waals surface area contributed by atoms with Crippen molar-refractivity contribution in [2.45, 2.75) is 19.1 Å². The van der Waals surface area contributed by atoms with Gasteiger partial charge in [-0.2, -0.15) is 5.26 Å². The molecular weight excluding hydrogens is 264 g/mol. The molecule has 21 heavy (non-hydrogen) atoms. The maximum absolute atomic E-state index is 9.19. The molecule has 5 nitrogen and oxygen atoms in total. The van der Waals surface area contributed by atoms with Crippen molar-refractivity contribution < 1.29 is 4.74 Å². The minimum Gasteiger partial charge on any atom is -0.367 e. The van der Waals surface area contributed by atoms with Crippen LogP contribution in [0.1, 0.15) is 24.3 Å². The molecule has 0 saturated carbocycles. The Morgan fingerprint density at radius 2 is 1.95 bits per heavy atom. The monoisotopic (exact) mass is 280 g/mol. The lowest BCUT2D eigenvalue weighted by Gasteiger charge is -2.37. The van der Waals surface area contributed by atoms with E-state index >= 15 is 0 Å². The molecule has 0 N–H and O–H groups in total. The van der Waals surface area contributed by atoms with E-state index in [-0.39, 0.29) is 12.2 Å². The average Bonchev–Trinajstić information content (AvgIpc) is 2.55. The lowest BCUT2D eigenvalue weighted by molar-refractivity contribution is -0.0176. The van der Waals surface area contributed by atoms with Gasteiger partial charge in [-0.1, -0.05) is 30.3 Å². The summed E-state index contributed by atoms with van der Waals surface area (Å²) in [6.07, 6.45) is 3.20. The predicted octanol–water partition coefficient (Wildman–Crippen LogP) is 2.31. The first-order chi connectivity index (χ1) is 10.3. The minimum atomic E-state index is -0.0245. The third-order valence-electron chi connectivity index (χ3n) is 3.52. The number of aromatic nitrogens is 2. The molecule has 1 aromatic heterocycles. The highest BCUT2D eigenvalue weighted by Gasteiger charge is 2.28. The van der Waals surface area contributed by atoms with Gasteiger partial charge in [0, 0.05) is 25.5 Å². The van der Waals surface area contributed by atoms with E-state index in [2.05, 4.69) is 33.1 Å². The molecule has 2 unspecified atom stereocenters. The Morgan fingerprint density at radius 1 is 1.19 bits per heavy atom. The van der Waals surface area contributed by atoms with Crippen molar-refractivity contribution in [3.05, 3.63) is 54.0 Å². The molecule has 2 heterocycles. The van der Waals surface area contributed by atoms with Crippen molar-refractivity contribution in [1.29, 1.82) is 5.26 Å². The van der Waals surface area contributed by atoms with Gasteiger partial charge in [-0.25, -0.2) is 9.97 Å². The molecule has 2 aromatic rings. The number of benzene rings is 1. The number of ether oxygens (including phenoxy) is 1. The van der Waals surface area contributed by atoms with E-state index < -0.39 is 0 Å². The first-order valence-electron chi connectivity index (χ1n) is 6.94. The summed E-state index contributed by atoms with van der Waals surface area (Å²) >= 11 is 0. The third-order valence-corrected chi connectivity index (χ3v) is 3.52. The molecule has 1 saturated heterocycles. The standard InChI is InChI=1S/C16H16N4O/c1-12-10-20(16-14(9-17)18-7-8-19-16)11-15(21-12)13-5-3-2-4-6-13/h2-8,12,15H,10-11H2,1H3. The Balaban J connectivity index is 1.89. The van der Waals surface area contributed by atoms with Crippen LogP contribution < -0.4 is 4.90 Å². The van der Waals surface area contributed by atoms with Gasteiger partial charge in [0.25, 0.3) is 0 Å². The van der Waals surface area contributed by atoms with Gasteiger partial charge in [-0.3, -0.25) is 0 Å². The molecule has 1 aromatic carbocycles. The van der Waals surface area contributed by atoms with E-state index in [1.54, 1.807) is 12.4 Å². The molecule has 1 aliphatic rings. The number of hydrogen-bond donors (Lipinski definition) is 0. The average molecular weight is 280 g/mol. The number of rotatable bonds is 2. The van der Waals surface area contributed by atoms with E-state index in [0.717, 1.165) is 5.56 Å². The number of anilines is 1. The van der Waals surface area contributed by atoms with Gasteiger partial charge in [0.2, 0.25) is 0 Å². The van der Waals surface area contributed by atoms with Crippen LogP contribution in [0.2, 0.25) is 0 Å². The maximum atomic E-state index is 9.19. The fourth-order valence-corrected chi connectivity index (χ4v) is 2.62. The summed E-state index contributed by atoms with van der Waals surface area (Å²) in [6, 6.07) is 12.2. The Morgan fingerprint density at radius 3 is 2.71 bits per heavy atom. The second-order valence-corrected chi connectivity index (χ2v) is 5.09. The van der Waals surface area contributed by atoms with E-state index in [4.69, 9.17) is 4.74 Å². The summed E-state index contributed by atoms with van der Waals surface area (Å²) in [7, 11) is 0. The molecular formula is C16H16N4O. The van der Waals surface area contributed by atoms with Crippen LogP contribution in [0.25, 0.3) is 0 Å². The summed E-state index contributed by atoms with van der Waals surface area (Å²) < 4.78 is 6.02. The van der Waals surface area contributed by atoms with Crippen LogP contribution >= 0.6 is 0 Å². The van der Waals surface area contributed by atoms with Crippen molar-refractivity contribution in [3.8, 4) is 6.07 Å². The van der Waals surface area contributed by atoms with Crippen LogP contribution in [0.4, 0.5) is 5.82 Å². The molecule has 106 valence electrons. The number of morpholine rings is 1. The zero-order valence-electron chi connectivity index (χ0n) is 11.8. The van der Waals surface area contributed by atoms with Crippen LogP contribution in [0.15, 0.2) is 42.7 Å². The largest absolute Gasteiger partial charge is 0.367 e. The lowest BCUT2D eigenvalue weighted by Crippen LogP contribution is -2.43. The summed E-state index contributed by atoms with van der Waals surface area (Å²) in [5, 5.41) is 9.19. The van der Waals surface area contributed by atoms with Gasteiger partial charge in [-0.05, 0) is 12.5 Å². The predicted molar refractivity (Wildman–Crippen MR) is 78.7 cm³/mol. The van der Waals surface area contributed by atoms with E-state index in [0.29, 0.717) is 24.6 Å². The van der Waals surface area contributed by atoms with E-state index in [9.17, 15) is 5.26 Å². The number of hydrogen-bond acceptors (Lipinski definition) is 5. The Hall–Kier alpha value is -2.45. The van der Waals surface area contributed by atoms with Crippen LogP contribution in [0.3, 0.4) is 0 Å². The molecule has 0 spiro atoms. The molecule has 3 rings (SSSR count). The Labute approximate surface area is 123 Å². The van der Waals surface area contributed by atoms with Crippen LogP contribution in [-0.2, 0) is 4.74 Å². The van der Waals surface area contributed by atoms with Crippen molar-refractivity contribution >= 4 is 5.82 Å². The highest BCUT2D eigenvalue weighted by molar-refractivity contribution is 5.50. The van der Waals surface area contributed by atoms with Crippen LogP contribution in [-0.4, -0.2) is 29.2 Å². The van der Waals surface area contributed by atoms with Gasteiger partial charge in [0.1, 0.15) is 12.2 Å². The summed E-state index contributed by atoms with van der Waals surface area (Å²) in [4.78, 5) is 10.5. The van der Waals surface area contributed by atoms with E-state index in [1.165, 1.54) is 0 Å². The highest BCUT2D eigenvalue weighted by atomic mass is 16.5. The highest BCUT2D eigenvalue weighted by Crippen LogP contribution is 2.28. The van der Waals surface area contributed by atoms with Crippen molar-refractivity contribution in [2.24, 2.45) is 0 Å². The molecule has 2 atom stereocenters. The van der Waals surface area contributed by atoms with Gasteiger partial charge in [0.15, 0.2) is 11.5 Å². The molecule has 0 bridgehead atoms. The van der Waals surface area contributed by atoms with Crippen LogP contribution in [0, 0.1) is 11.3 Å². The van der Waals surface area contributed by atoms with Crippen molar-refractivity contribution in [1.82, 2.24) is 9.97 Å². The molecule has 1 aliphatic heterocycles. The fraction of sp³-hybridized carbons (Fsp3) is 0.312. The quantitative estimate of drug-likeness (QED) is 0.844. The summed E-state index contributed by atoms with van der Waals surface area (Å²) in [5.41, 5.74) is 1.50. The maximum Gasteiger partial charge on any atom is 0.183 e. The molecule has 0 amide bonds. The van der Waals surface area contributed by atoms with Crippen LogP contribution in [0.5, 0.6) is 0 Å². The normalized spacial score (nSPS) is 21.8. The fourth-order valence-electron chi connectivity index (χ4n) is 2.62. The third kappa shape index (κ3) is 2.86. The molecule has 0 radical (unpaired) electrons. The molecule has 5 heteroatoms. The number of nitrogens with zero attached hydrogens (tertiary/aromatic N) is 4. The smallest absolute Gasteiger partial charge is 0.183 e. The molecule has 0 aliphatic carbocycles. The zero-order valence-corrected chi connectivity index (χ0v) is 11.8. The second-order valence-electron chi connectivity index (χ2n) is 5.09. The number of nitriles is 1. The Bertz CT molecular complexity index is 653. The lowest BCUT2D eigenvalue weighted by atomic mass is 10.1. The topological polar surface area (TPSA) is 62.0 Å². The SMILES string of the molecule is CC1CN(c2nccnc2C#N)CC(c2ccccc2)O1. The first-order valence-corrected chi connectivity index (χ1v) is 6.94. The first kappa shape index (κ1) is 13.5. The van der Waals surface area contributed by atoms with Gasteiger partial charge >= 0.3 is 0 Å².